The predicted octanol–water partition coefficient (Wildman–Crippen LogP) is 2.77. The SMILES string of the molecule is C=CCC(NC(=O)c1cc(CCC)c(C)s1)C(=O)O. The van der Waals surface area contributed by atoms with Gasteiger partial charge in [-0.2, -0.15) is 0 Å². The molecule has 0 fully saturated rings. The molecule has 1 atom stereocenters. The van der Waals surface area contributed by atoms with E-state index in [4.69, 9.17) is 5.11 Å². The number of thiophene rings is 1. The number of carbonyl (C=O) groups excluding carboxylic acids is 1. The van der Waals surface area contributed by atoms with Gasteiger partial charge in [0.15, 0.2) is 0 Å². The van der Waals surface area contributed by atoms with Crippen molar-refractivity contribution in [1.29, 1.82) is 0 Å². The summed E-state index contributed by atoms with van der Waals surface area (Å²) in [6.45, 7) is 7.56. The first kappa shape index (κ1) is 15.4. The Hall–Kier alpha value is -1.62. The van der Waals surface area contributed by atoms with Gasteiger partial charge in [0.1, 0.15) is 6.04 Å². The van der Waals surface area contributed by atoms with E-state index in [0.717, 1.165) is 23.3 Å². The summed E-state index contributed by atoms with van der Waals surface area (Å²) in [5.74, 6) is -1.37. The maximum absolute atomic E-state index is 12.0. The third-order valence-corrected chi connectivity index (χ3v) is 3.86. The number of aryl methyl sites for hydroxylation is 2. The van der Waals surface area contributed by atoms with Crippen molar-refractivity contribution in [3.63, 3.8) is 0 Å². The van der Waals surface area contributed by atoms with Crippen molar-refractivity contribution in [2.75, 3.05) is 0 Å². The van der Waals surface area contributed by atoms with Crippen LogP contribution < -0.4 is 5.32 Å². The van der Waals surface area contributed by atoms with Crippen LogP contribution in [-0.2, 0) is 11.2 Å². The molecular weight excluding hydrogens is 262 g/mol. The van der Waals surface area contributed by atoms with Crippen LogP contribution in [0.4, 0.5) is 0 Å². The molecular formula is C14H19NO3S. The Balaban J connectivity index is 2.79. The van der Waals surface area contributed by atoms with Crippen LogP contribution in [0, 0.1) is 6.92 Å². The zero-order chi connectivity index (χ0) is 14.4. The van der Waals surface area contributed by atoms with E-state index in [1.54, 1.807) is 0 Å². The molecule has 0 aromatic carbocycles. The minimum Gasteiger partial charge on any atom is -0.480 e. The molecule has 0 aliphatic rings. The van der Waals surface area contributed by atoms with Crippen molar-refractivity contribution >= 4 is 23.2 Å². The standard InChI is InChI=1S/C14H19NO3S/c1-4-6-10-8-12(19-9(10)3)13(16)15-11(7-5-2)14(17)18/h5,8,11H,2,4,6-7H2,1,3H3,(H,15,16)(H,17,18). The van der Waals surface area contributed by atoms with Gasteiger partial charge >= 0.3 is 5.97 Å². The molecule has 0 spiro atoms. The number of nitrogens with one attached hydrogen (secondary N) is 1. The monoisotopic (exact) mass is 281 g/mol. The van der Waals surface area contributed by atoms with Gasteiger partial charge in [-0.25, -0.2) is 4.79 Å². The highest BCUT2D eigenvalue weighted by atomic mass is 32.1. The fraction of sp³-hybridized carbons (Fsp3) is 0.429. The van der Waals surface area contributed by atoms with E-state index >= 15 is 0 Å². The van der Waals surface area contributed by atoms with Gasteiger partial charge in [0.25, 0.3) is 5.91 Å². The summed E-state index contributed by atoms with van der Waals surface area (Å²) >= 11 is 1.40. The molecule has 1 unspecified atom stereocenters. The molecule has 0 saturated heterocycles. The van der Waals surface area contributed by atoms with Crippen molar-refractivity contribution in [3.05, 3.63) is 34.0 Å². The fourth-order valence-electron chi connectivity index (χ4n) is 1.77. The number of amides is 1. The fourth-order valence-corrected chi connectivity index (χ4v) is 2.74. The van der Waals surface area contributed by atoms with Crippen molar-refractivity contribution in [2.45, 2.75) is 39.2 Å². The lowest BCUT2D eigenvalue weighted by Crippen LogP contribution is -2.40. The van der Waals surface area contributed by atoms with Gasteiger partial charge in [-0.15, -0.1) is 17.9 Å². The quantitative estimate of drug-likeness (QED) is 0.755. The number of hydrogen-bond acceptors (Lipinski definition) is 3. The van der Waals surface area contributed by atoms with Crippen LogP contribution in [0.3, 0.4) is 0 Å². The molecule has 0 bridgehead atoms. The molecule has 0 aliphatic carbocycles. The second-order valence-corrected chi connectivity index (χ2v) is 5.59. The summed E-state index contributed by atoms with van der Waals surface area (Å²) in [6.07, 6.45) is 3.66. The molecule has 1 amide bonds. The average molecular weight is 281 g/mol. The smallest absolute Gasteiger partial charge is 0.326 e. The van der Waals surface area contributed by atoms with Crippen molar-refractivity contribution in [2.24, 2.45) is 0 Å². The van der Waals surface area contributed by atoms with E-state index in [1.165, 1.54) is 17.4 Å². The minimum atomic E-state index is -1.05. The van der Waals surface area contributed by atoms with Crippen LogP contribution >= 0.6 is 11.3 Å². The summed E-state index contributed by atoms with van der Waals surface area (Å²) in [4.78, 5) is 24.7. The van der Waals surface area contributed by atoms with Gasteiger partial charge in [-0.1, -0.05) is 19.4 Å². The van der Waals surface area contributed by atoms with E-state index in [2.05, 4.69) is 18.8 Å². The molecule has 2 N–H and O–H groups in total. The lowest BCUT2D eigenvalue weighted by atomic mass is 10.1. The minimum absolute atomic E-state index is 0.216. The van der Waals surface area contributed by atoms with Gasteiger partial charge in [-0.05, 0) is 31.4 Å². The number of hydrogen-bond donors (Lipinski definition) is 2. The van der Waals surface area contributed by atoms with E-state index < -0.39 is 12.0 Å². The molecule has 1 aromatic heterocycles. The summed E-state index contributed by atoms with van der Waals surface area (Å²) < 4.78 is 0. The van der Waals surface area contributed by atoms with Crippen molar-refractivity contribution in [3.8, 4) is 0 Å². The summed E-state index contributed by atoms with van der Waals surface area (Å²) in [6, 6.07) is 0.938. The van der Waals surface area contributed by atoms with Crippen LogP contribution in [-0.4, -0.2) is 23.0 Å². The number of carboxylic acid groups (broad SMARTS) is 1. The predicted molar refractivity (Wildman–Crippen MR) is 76.8 cm³/mol. The number of rotatable bonds is 7. The molecule has 5 heteroatoms. The van der Waals surface area contributed by atoms with Crippen LogP contribution in [0.15, 0.2) is 18.7 Å². The second-order valence-electron chi connectivity index (χ2n) is 4.33. The Morgan fingerprint density at radius 3 is 2.79 bits per heavy atom. The Bertz CT molecular complexity index is 479. The summed E-state index contributed by atoms with van der Waals surface area (Å²) in [5.41, 5.74) is 1.16. The molecule has 104 valence electrons. The number of carbonyl (C=O) groups is 2. The highest BCUT2D eigenvalue weighted by Gasteiger charge is 2.20. The zero-order valence-electron chi connectivity index (χ0n) is 11.2. The van der Waals surface area contributed by atoms with Gasteiger partial charge < -0.3 is 10.4 Å². The van der Waals surface area contributed by atoms with Gasteiger partial charge in [0.2, 0.25) is 0 Å². The molecule has 0 radical (unpaired) electrons. The lowest BCUT2D eigenvalue weighted by Gasteiger charge is -2.11. The van der Waals surface area contributed by atoms with Crippen molar-refractivity contribution < 1.29 is 14.7 Å². The zero-order valence-corrected chi connectivity index (χ0v) is 12.0. The van der Waals surface area contributed by atoms with E-state index in [0.29, 0.717) is 4.88 Å². The normalized spacial score (nSPS) is 11.9. The molecule has 1 aromatic rings. The Morgan fingerprint density at radius 2 is 2.26 bits per heavy atom. The average Bonchev–Trinajstić information content (AvgIpc) is 2.71. The first-order valence-corrected chi connectivity index (χ1v) is 7.05. The number of aliphatic carboxylic acids is 1. The number of carboxylic acids is 1. The van der Waals surface area contributed by atoms with Crippen molar-refractivity contribution in [1.82, 2.24) is 5.32 Å². The maximum Gasteiger partial charge on any atom is 0.326 e. The molecule has 4 nitrogen and oxygen atoms in total. The Morgan fingerprint density at radius 1 is 1.58 bits per heavy atom. The maximum atomic E-state index is 12.0. The molecule has 0 saturated carbocycles. The third-order valence-electron chi connectivity index (χ3n) is 2.77. The largest absolute Gasteiger partial charge is 0.480 e. The van der Waals surface area contributed by atoms with Crippen LogP contribution in [0.2, 0.25) is 0 Å². The highest BCUT2D eigenvalue weighted by molar-refractivity contribution is 7.14. The Labute approximate surface area is 117 Å². The van der Waals surface area contributed by atoms with E-state index in [9.17, 15) is 9.59 Å². The molecule has 0 aliphatic heterocycles. The molecule has 1 rings (SSSR count). The van der Waals surface area contributed by atoms with Crippen LogP contribution in [0.25, 0.3) is 0 Å². The summed E-state index contributed by atoms with van der Waals surface area (Å²) in [5, 5.41) is 11.5. The third kappa shape index (κ3) is 4.21. The van der Waals surface area contributed by atoms with Crippen LogP contribution in [0.5, 0.6) is 0 Å². The first-order chi connectivity index (χ1) is 8.99. The molecule has 1 heterocycles. The van der Waals surface area contributed by atoms with E-state index in [1.807, 2.05) is 13.0 Å². The lowest BCUT2D eigenvalue weighted by molar-refractivity contribution is -0.139. The van der Waals surface area contributed by atoms with Gasteiger partial charge in [0.05, 0.1) is 4.88 Å². The van der Waals surface area contributed by atoms with Gasteiger partial charge in [0, 0.05) is 4.88 Å². The van der Waals surface area contributed by atoms with Crippen LogP contribution in [0.1, 0.15) is 39.9 Å². The summed E-state index contributed by atoms with van der Waals surface area (Å²) in [7, 11) is 0. The second kappa shape index (κ2) is 7.09. The molecule has 19 heavy (non-hydrogen) atoms. The van der Waals surface area contributed by atoms with Gasteiger partial charge in [-0.3, -0.25) is 4.79 Å². The topological polar surface area (TPSA) is 66.4 Å². The first-order valence-electron chi connectivity index (χ1n) is 6.23. The Kier molecular flexibility index (Phi) is 5.76. The highest BCUT2D eigenvalue weighted by Crippen LogP contribution is 2.22. The van der Waals surface area contributed by atoms with E-state index in [-0.39, 0.29) is 12.3 Å².